The maximum absolute atomic E-state index is 13.0. The molecule has 30 heavy (non-hydrogen) atoms. The van der Waals surface area contributed by atoms with E-state index in [0.717, 1.165) is 0 Å². The lowest BCUT2D eigenvalue weighted by molar-refractivity contribution is -0.140. The summed E-state index contributed by atoms with van der Waals surface area (Å²) in [6.45, 7) is 0.165. The van der Waals surface area contributed by atoms with Gasteiger partial charge in [0.2, 0.25) is 6.79 Å². The summed E-state index contributed by atoms with van der Waals surface area (Å²) in [5, 5.41) is 11.1. The van der Waals surface area contributed by atoms with Crippen molar-refractivity contribution >= 4 is 17.4 Å². The second-order valence-electron chi connectivity index (χ2n) is 6.86. The second-order valence-corrected chi connectivity index (χ2v) is 6.86. The van der Waals surface area contributed by atoms with Crippen molar-refractivity contribution in [3.05, 3.63) is 83.6 Å². The molecule has 1 amide bonds. The first-order valence-electron chi connectivity index (χ1n) is 9.24. The Morgan fingerprint density at radius 2 is 2.00 bits per heavy atom. The Labute approximate surface area is 171 Å². The number of pyridine rings is 1. The highest BCUT2D eigenvalue weighted by Gasteiger charge is 2.46. The molecule has 0 bridgehead atoms. The first-order valence-corrected chi connectivity index (χ1v) is 9.24. The van der Waals surface area contributed by atoms with Crippen molar-refractivity contribution in [2.45, 2.75) is 12.6 Å². The van der Waals surface area contributed by atoms with Crippen LogP contribution >= 0.6 is 0 Å². The number of hydrogen-bond acceptors (Lipinski definition) is 7. The molecule has 1 saturated heterocycles. The highest BCUT2D eigenvalue weighted by molar-refractivity contribution is 6.46. The molecule has 150 valence electrons. The van der Waals surface area contributed by atoms with Gasteiger partial charge in [0, 0.05) is 18.0 Å². The van der Waals surface area contributed by atoms with Crippen LogP contribution in [0.15, 0.2) is 71.1 Å². The lowest BCUT2D eigenvalue weighted by atomic mass is 9.96. The average molecular weight is 404 g/mol. The lowest BCUT2D eigenvalue weighted by Gasteiger charge is -2.24. The molecule has 8 heteroatoms. The van der Waals surface area contributed by atoms with Gasteiger partial charge in [-0.15, -0.1) is 0 Å². The van der Waals surface area contributed by atoms with Gasteiger partial charge in [-0.2, -0.15) is 0 Å². The van der Waals surface area contributed by atoms with E-state index in [9.17, 15) is 14.7 Å². The van der Waals surface area contributed by atoms with Gasteiger partial charge < -0.3 is 23.9 Å². The number of aromatic nitrogens is 1. The summed E-state index contributed by atoms with van der Waals surface area (Å²) in [6.07, 6.45) is 4.66. The van der Waals surface area contributed by atoms with Gasteiger partial charge in [-0.05, 0) is 42.0 Å². The summed E-state index contributed by atoms with van der Waals surface area (Å²) in [6, 6.07) is 10.9. The smallest absolute Gasteiger partial charge is 0.296 e. The molecule has 2 aliphatic rings. The zero-order valence-electron chi connectivity index (χ0n) is 15.6. The van der Waals surface area contributed by atoms with Crippen LogP contribution in [0.1, 0.15) is 22.9 Å². The fourth-order valence-corrected chi connectivity index (χ4v) is 3.70. The van der Waals surface area contributed by atoms with Crippen LogP contribution in [0.3, 0.4) is 0 Å². The molecule has 0 saturated carbocycles. The van der Waals surface area contributed by atoms with E-state index in [-0.39, 0.29) is 24.7 Å². The van der Waals surface area contributed by atoms with Gasteiger partial charge in [0.25, 0.3) is 11.7 Å². The van der Waals surface area contributed by atoms with Gasteiger partial charge in [-0.3, -0.25) is 14.6 Å². The fourth-order valence-electron chi connectivity index (χ4n) is 3.70. The lowest BCUT2D eigenvalue weighted by Crippen LogP contribution is -2.29. The molecule has 1 unspecified atom stereocenters. The van der Waals surface area contributed by atoms with Gasteiger partial charge >= 0.3 is 0 Å². The van der Waals surface area contributed by atoms with Crippen molar-refractivity contribution < 1.29 is 28.6 Å². The standard InChI is InChI=1S/C22H16N2O6/c25-20(13-5-6-16-17(9-13)30-12-29-16)18-19(14-3-1-7-23-10-14)24(22(27)21(18)26)11-15-4-2-8-28-15/h1-10,19,25H,11-12H2/b20-18-. The largest absolute Gasteiger partial charge is 0.507 e. The van der Waals surface area contributed by atoms with E-state index in [1.165, 1.54) is 11.2 Å². The Hall–Kier alpha value is -4.07. The molecule has 1 aromatic carbocycles. The van der Waals surface area contributed by atoms with E-state index >= 15 is 0 Å². The van der Waals surface area contributed by atoms with E-state index in [2.05, 4.69) is 4.98 Å². The summed E-state index contributed by atoms with van der Waals surface area (Å²) in [5.74, 6) is -0.250. The van der Waals surface area contributed by atoms with Gasteiger partial charge in [0.1, 0.15) is 11.5 Å². The number of hydrogen-bond donors (Lipinski definition) is 1. The van der Waals surface area contributed by atoms with E-state index in [1.807, 2.05) is 0 Å². The molecule has 8 nitrogen and oxygen atoms in total. The highest BCUT2D eigenvalue weighted by atomic mass is 16.7. The number of amides is 1. The molecule has 1 N–H and O–H groups in total. The van der Waals surface area contributed by atoms with Crippen molar-refractivity contribution in [3.63, 3.8) is 0 Å². The Morgan fingerprint density at radius 1 is 1.13 bits per heavy atom. The van der Waals surface area contributed by atoms with Crippen LogP contribution in [-0.4, -0.2) is 33.5 Å². The maximum atomic E-state index is 13.0. The minimum atomic E-state index is -0.811. The number of carbonyl (C=O) groups is 2. The van der Waals surface area contributed by atoms with Gasteiger partial charge in [0.05, 0.1) is 24.4 Å². The maximum Gasteiger partial charge on any atom is 0.296 e. The van der Waals surface area contributed by atoms with Crippen LogP contribution in [0, 0.1) is 0 Å². The molecule has 2 aromatic heterocycles. The average Bonchev–Trinajstić information content (AvgIpc) is 3.50. The van der Waals surface area contributed by atoms with Crippen LogP contribution < -0.4 is 9.47 Å². The number of furan rings is 1. The van der Waals surface area contributed by atoms with Crippen LogP contribution in [0.5, 0.6) is 11.5 Å². The second kappa shape index (κ2) is 7.07. The molecule has 1 atom stereocenters. The molecular formula is C22H16N2O6. The minimum Gasteiger partial charge on any atom is -0.507 e. The first-order chi connectivity index (χ1) is 14.6. The molecular weight excluding hydrogens is 388 g/mol. The molecule has 3 aromatic rings. The van der Waals surface area contributed by atoms with Gasteiger partial charge in [0.15, 0.2) is 11.5 Å². The third kappa shape index (κ3) is 2.89. The SMILES string of the molecule is O=C1C(=O)N(Cc2ccco2)C(c2cccnc2)/C1=C(/O)c1ccc2c(c1)OCO2. The van der Waals surface area contributed by atoms with Crippen LogP contribution in [0.2, 0.25) is 0 Å². The van der Waals surface area contributed by atoms with Crippen molar-refractivity contribution in [2.75, 3.05) is 6.79 Å². The first kappa shape index (κ1) is 18.0. The number of benzene rings is 1. The number of aliphatic hydroxyl groups is 1. The molecule has 1 fully saturated rings. The molecule has 5 rings (SSSR count). The zero-order chi connectivity index (χ0) is 20.7. The Kier molecular flexibility index (Phi) is 4.24. The quantitative estimate of drug-likeness (QED) is 0.405. The third-order valence-corrected chi connectivity index (χ3v) is 5.09. The number of rotatable bonds is 4. The Bertz CT molecular complexity index is 1150. The summed E-state index contributed by atoms with van der Waals surface area (Å²) in [5.41, 5.74) is 0.938. The molecule has 0 aliphatic carbocycles. The Balaban J connectivity index is 1.64. The number of aliphatic hydroxyl groups excluding tert-OH is 1. The molecule has 2 aliphatic heterocycles. The third-order valence-electron chi connectivity index (χ3n) is 5.09. The molecule has 4 heterocycles. The molecule has 0 spiro atoms. The monoisotopic (exact) mass is 404 g/mol. The van der Waals surface area contributed by atoms with E-state index < -0.39 is 17.7 Å². The normalized spacial score (nSPS) is 19.5. The van der Waals surface area contributed by atoms with E-state index in [1.54, 1.807) is 54.9 Å². The summed E-state index contributed by atoms with van der Waals surface area (Å²) in [7, 11) is 0. The molecule has 0 radical (unpaired) electrons. The zero-order valence-corrected chi connectivity index (χ0v) is 15.6. The number of ketones is 1. The number of Topliss-reactive ketones (excluding diaryl/α,β-unsaturated/α-hetero) is 1. The van der Waals surface area contributed by atoms with Gasteiger partial charge in [-0.1, -0.05) is 6.07 Å². The summed E-state index contributed by atoms with van der Waals surface area (Å²) in [4.78, 5) is 31.3. The van der Waals surface area contributed by atoms with Crippen molar-refractivity contribution in [1.29, 1.82) is 0 Å². The predicted octanol–water partition coefficient (Wildman–Crippen LogP) is 3.03. The number of fused-ring (bicyclic) bond motifs is 1. The highest BCUT2D eigenvalue weighted by Crippen LogP contribution is 2.41. The van der Waals surface area contributed by atoms with Gasteiger partial charge in [-0.25, -0.2) is 0 Å². The number of carbonyl (C=O) groups excluding carboxylic acids is 2. The van der Waals surface area contributed by atoms with Crippen molar-refractivity contribution in [1.82, 2.24) is 9.88 Å². The Morgan fingerprint density at radius 3 is 2.77 bits per heavy atom. The van der Waals surface area contributed by atoms with E-state index in [0.29, 0.717) is 28.4 Å². The summed E-state index contributed by atoms with van der Waals surface area (Å²) >= 11 is 0. The number of likely N-dealkylation sites (tertiary alicyclic amines) is 1. The summed E-state index contributed by atoms with van der Waals surface area (Å²) < 4.78 is 16.0. The predicted molar refractivity (Wildman–Crippen MR) is 103 cm³/mol. The van der Waals surface area contributed by atoms with Crippen LogP contribution in [-0.2, 0) is 16.1 Å². The van der Waals surface area contributed by atoms with Crippen molar-refractivity contribution in [2.24, 2.45) is 0 Å². The topological polar surface area (TPSA) is 102 Å². The van der Waals surface area contributed by atoms with Crippen molar-refractivity contribution in [3.8, 4) is 11.5 Å². The fraction of sp³-hybridized carbons (Fsp3) is 0.136. The number of nitrogens with zero attached hydrogens (tertiary/aromatic N) is 2. The number of ether oxygens (including phenoxy) is 2. The van der Waals surface area contributed by atoms with Crippen LogP contribution in [0.25, 0.3) is 5.76 Å². The minimum absolute atomic E-state index is 0.0154. The van der Waals surface area contributed by atoms with Crippen LogP contribution in [0.4, 0.5) is 0 Å². The van der Waals surface area contributed by atoms with E-state index in [4.69, 9.17) is 13.9 Å².